The highest BCUT2D eigenvalue weighted by Gasteiger charge is 2.14. The molecule has 0 aliphatic heterocycles. The first-order valence-electron chi connectivity index (χ1n) is 7.31. The Bertz CT molecular complexity index is 764. The van der Waals surface area contributed by atoms with Gasteiger partial charge in [-0.3, -0.25) is 14.9 Å². The molecule has 0 aromatic heterocycles. The topological polar surface area (TPSA) is 92.5 Å². The van der Waals surface area contributed by atoms with E-state index in [1.54, 1.807) is 6.07 Å². The Balaban J connectivity index is 1.94. The molecule has 0 aliphatic rings. The molecule has 0 saturated carbocycles. The number of nitro groups is 1. The van der Waals surface area contributed by atoms with E-state index >= 15 is 0 Å². The monoisotopic (exact) mass is 348 g/mol. The highest BCUT2D eigenvalue weighted by molar-refractivity contribution is 6.31. The van der Waals surface area contributed by atoms with Crippen molar-refractivity contribution in [1.82, 2.24) is 5.32 Å². The fraction of sp³-hybridized carbons (Fsp3) is 0.235. The minimum atomic E-state index is -0.803. The van der Waals surface area contributed by atoms with Crippen molar-refractivity contribution in [2.75, 3.05) is 6.54 Å². The van der Waals surface area contributed by atoms with Crippen LogP contribution in [0.2, 0.25) is 5.02 Å². The lowest BCUT2D eigenvalue weighted by molar-refractivity contribution is -0.384. The van der Waals surface area contributed by atoms with Crippen molar-refractivity contribution in [3.8, 4) is 0 Å². The van der Waals surface area contributed by atoms with E-state index in [2.05, 4.69) is 5.32 Å². The fourth-order valence-electron chi connectivity index (χ4n) is 2.31. The summed E-state index contributed by atoms with van der Waals surface area (Å²) in [5, 5.41) is 23.6. The number of nitrogens with one attached hydrogen (secondary N) is 1. The first-order valence-corrected chi connectivity index (χ1v) is 7.69. The number of non-ortho nitro benzene ring substituents is 1. The molecule has 1 amide bonds. The average molecular weight is 349 g/mol. The maximum atomic E-state index is 12.0. The summed E-state index contributed by atoms with van der Waals surface area (Å²) < 4.78 is 0. The average Bonchev–Trinajstić information content (AvgIpc) is 2.54. The fourth-order valence-corrected chi connectivity index (χ4v) is 2.55. The number of carbonyl (C=O) groups is 1. The zero-order chi connectivity index (χ0) is 17.7. The van der Waals surface area contributed by atoms with E-state index in [1.165, 1.54) is 18.2 Å². The van der Waals surface area contributed by atoms with Crippen molar-refractivity contribution >= 4 is 23.2 Å². The third-order valence-corrected chi connectivity index (χ3v) is 3.99. The van der Waals surface area contributed by atoms with Gasteiger partial charge in [0.1, 0.15) is 0 Å². The number of hydrogen-bond donors (Lipinski definition) is 2. The molecule has 0 fully saturated rings. The standard InChI is InChI=1S/C17H17ClN2O4/c1-11-4-2-3-5-14(11)16(21)10-19-17(22)8-12-6-7-13(20(23)24)9-15(12)18/h2-7,9,16,21H,8,10H2,1H3,(H,19,22). The van der Waals surface area contributed by atoms with Gasteiger partial charge in [-0.05, 0) is 23.6 Å². The van der Waals surface area contributed by atoms with Crippen LogP contribution >= 0.6 is 11.6 Å². The Morgan fingerprint density at radius 3 is 2.67 bits per heavy atom. The van der Waals surface area contributed by atoms with Crippen LogP contribution in [0.5, 0.6) is 0 Å². The Labute approximate surface area is 144 Å². The number of amides is 1. The number of rotatable bonds is 6. The van der Waals surface area contributed by atoms with Crippen LogP contribution in [0.25, 0.3) is 0 Å². The van der Waals surface area contributed by atoms with E-state index in [0.717, 1.165) is 11.1 Å². The number of nitrogens with zero attached hydrogens (tertiary/aromatic N) is 1. The summed E-state index contributed by atoms with van der Waals surface area (Å²) in [6.45, 7) is 1.96. The maximum Gasteiger partial charge on any atom is 0.270 e. The van der Waals surface area contributed by atoms with Crippen LogP contribution in [0, 0.1) is 17.0 Å². The predicted molar refractivity (Wildman–Crippen MR) is 91.0 cm³/mol. The minimum Gasteiger partial charge on any atom is -0.387 e. The van der Waals surface area contributed by atoms with Crippen molar-refractivity contribution in [2.24, 2.45) is 0 Å². The van der Waals surface area contributed by atoms with Crippen molar-refractivity contribution in [2.45, 2.75) is 19.4 Å². The van der Waals surface area contributed by atoms with E-state index in [0.29, 0.717) is 5.56 Å². The Morgan fingerprint density at radius 2 is 2.04 bits per heavy atom. The summed E-state index contributed by atoms with van der Waals surface area (Å²) in [6.07, 6.45) is -0.820. The third kappa shape index (κ3) is 4.53. The van der Waals surface area contributed by atoms with Crippen molar-refractivity contribution in [3.63, 3.8) is 0 Å². The van der Waals surface area contributed by atoms with Crippen LogP contribution in [0.1, 0.15) is 22.8 Å². The number of benzene rings is 2. The smallest absolute Gasteiger partial charge is 0.270 e. The van der Waals surface area contributed by atoms with Gasteiger partial charge in [-0.15, -0.1) is 0 Å². The van der Waals surface area contributed by atoms with Crippen LogP contribution in [-0.4, -0.2) is 22.5 Å². The molecule has 0 bridgehead atoms. The van der Waals surface area contributed by atoms with Gasteiger partial charge in [-0.2, -0.15) is 0 Å². The molecule has 0 heterocycles. The lowest BCUT2D eigenvalue weighted by Gasteiger charge is -2.14. The largest absolute Gasteiger partial charge is 0.387 e. The molecule has 0 aliphatic carbocycles. The number of hydrogen-bond acceptors (Lipinski definition) is 4. The minimum absolute atomic E-state index is 0.0165. The lowest BCUT2D eigenvalue weighted by Crippen LogP contribution is -2.30. The van der Waals surface area contributed by atoms with Gasteiger partial charge in [0, 0.05) is 18.7 Å². The zero-order valence-corrected chi connectivity index (χ0v) is 13.8. The van der Waals surface area contributed by atoms with Gasteiger partial charge in [0.2, 0.25) is 5.91 Å². The molecule has 6 nitrogen and oxygen atoms in total. The molecular formula is C17H17ClN2O4. The third-order valence-electron chi connectivity index (χ3n) is 3.64. The number of aliphatic hydroxyl groups is 1. The van der Waals surface area contributed by atoms with E-state index in [1.807, 2.05) is 25.1 Å². The zero-order valence-electron chi connectivity index (χ0n) is 13.0. The first kappa shape index (κ1) is 17.9. The van der Waals surface area contributed by atoms with E-state index in [9.17, 15) is 20.0 Å². The lowest BCUT2D eigenvalue weighted by atomic mass is 10.0. The van der Waals surface area contributed by atoms with Crippen LogP contribution in [0.3, 0.4) is 0 Å². The highest BCUT2D eigenvalue weighted by Crippen LogP contribution is 2.23. The van der Waals surface area contributed by atoms with Gasteiger partial charge < -0.3 is 10.4 Å². The van der Waals surface area contributed by atoms with Gasteiger partial charge >= 0.3 is 0 Å². The summed E-state index contributed by atoms with van der Waals surface area (Å²) >= 11 is 5.96. The molecule has 0 saturated heterocycles. The maximum absolute atomic E-state index is 12.0. The van der Waals surface area contributed by atoms with Crippen LogP contribution < -0.4 is 5.32 Å². The van der Waals surface area contributed by atoms with Gasteiger partial charge in [0.15, 0.2) is 0 Å². The Hall–Kier alpha value is -2.44. The van der Waals surface area contributed by atoms with E-state index < -0.39 is 11.0 Å². The quantitative estimate of drug-likeness (QED) is 0.620. The Kier molecular flexibility index (Phi) is 5.89. The van der Waals surface area contributed by atoms with Crippen LogP contribution in [0.15, 0.2) is 42.5 Å². The summed E-state index contributed by atoms with van der Waals surface area (Å²) in [6, 6.07) is 11.4. The predicted octanol–water partition coefficient (Wildman–Crippen LogP) is 2.95. The van der Waals surface area contributed by atoms with Crippen LogP contribution in [0.4, 0.5) is 5.69 Å². The van der Waals surface area contributed by atoms with Gasteiger partial charge in [-0.25, -0.2) is 0 Å². The second kappa shape index (κ2) is 7.90. The SMILES string of the molecule is Cc1ccccc1C(O)CNC(=O)Cc1ccc([N+](=O)[O-])cc1Cl. The molecule has 2 aromatic rings. The molecule has 1 atom stereocenters. The number of carbonyl (C=O) groups excluding carboxylic acids is 1. The van der Waals surface area contributed by atoms with Crippen LogP contribution in [-0.2, 0) is 11.2 Å². The molecule has 2 rings (SSSR count). The molecule has 24 heavy (non-hydrogen) atoms. The summed E-state index contributed by atoms with van der Waals surface area (Å²) in [7, 11) is 0. The van der Waals surface area contributed by atoms with Crippen molar-refractivity contribution < 1.29 is 14.8 Å². The molecular weight excluding hydrogens is 332 g/mol. The molecule has 0 spiro atoms. The normalized spacial score (nSPS) is 11.8. The Morgan fingerprint density at radius 1 is 1.33 bits per heavy atom. The van der Waals surface area contributed by atoms with Gasteiger partial charge in [0.05, 0.1) is 22.5 Å². The molecule has 126 valence electrons. The van der Waals surface area contributed by atoms with E-state index in [-0.39, 0.29) is 29.6 Å². The highest BCUT2D eigenvalue weighted by atomic mass is 35.5. The molecule has 2 N–H and O–H groups in total. The summed E-state index contributed by atoms with van der Waals surface area (Å²) in [5.74, 6) is -0.321. The number of nitro benzene ring substituents is 1. The molecule has 1 unspecified atom stereocenters. The molecule has 7 heteroatoms. The first-order chi connectivity index (χ1) is 11.4. The van der Waals surface area contributed by atoms with Gasteiger partial charge in [0.25, 0.3) is 5.69 Å². The second-order valence-corrected chi connectivity index (χ2v) is 5.79. The second-order valence-electron chi connectivity index (χ2n) is 5.39. The van der Waals surface area contributed by atoms with E-state index in [4.69, 9.17) is 11.6 Å². The van der Waals surface area contributed by atoms with Gasteiger partial charge in [-0.1, -0.05) is 41.9 Å². The van der Waals surface area contributed by atoms with Crippen molar-refractivity contribution in [3.05, 3.63) is 74.3 Å². The summed E-state index contributed by atoms with van der Waals surface area (Å²) in [5.41, 5.74) is 2.06. The molecule has 0 radical (unpaired) electrons. The number of halogens is 1. The summed E-state index contributed by atoms with van der Waals surface area (Å²) in [4.78, 5) is 22.1. The number of aryl methyl sites for hydroxylation is 1. The number of aliphatic hydroxyl groups excluding tert-OH is 1. The van der Waals surface area contributed by atoms with Crippen molar-refractivity contribution in [1.29, 1.82) is 0 Å². The molecule has 2 aromatic carbocycles.